The molecule has 0 spiro atoms. The van der Waals surface area contributed by atoms with Crippen LogP contribution < -0.4 is 0 Å². The van der Waals surface area contributed by atoms with Gasteiger partial charge in [0.15, 0.2) is 0 Å². The number of halogens is 2. The summed E-state index contributed by atoms with van der Waals surface area (Å²) in [5.41, 5.74) is 0. The second-order valence-corrected chi connectivity index (χ2v) is 7.64. The maximum atomic E-state index is 11.9. The van der Waals surface area contributed by atoms with Crippen molar-refractivity contribution in [1.29, 1.82) is 0 Å². The van der Waals surface area contributed by atoms with Crippen LogP contribution in [0.25, 0.3) is 0 Å². The summed E-state index contributed by atoms with van der Waals surface area (Å²) in [5, 5.41) is 0. The van der Waals surface area contributed by atoms with E-state index in [4.69, 9.17) is 0 Å². The Morgan fingerprint density at radius 2 is 1.19 bits per heavy atom. The van der Waals surface area contributed by atoms with E-state index in [0.717, 1.165) is 25.7 Å². The van der Waals surface area contributed by atoms with E-state index < -0.39 is 0 Å². The standard InChI is InChI=1S/C12H14Br2O2/c13-7-3-1-5-9-6(12(16)11(5)15)2-4-8(14)10(7)9/h5-10H,1-4H2. The number of carbonyl (C=O) groups excluding carboxylic acids is 2. The predicted octanol–water partition coefficient (Wildman–Crippen LogP) is 2.72. The molecule has 0 aromatic heterocycles. The maximum Gasteiger partial charge on any atom is 0.202 e. The molecular weight excluding hydrogens is 336 g/mol. The van der Waals surface area contributed by atoms with Crippen molar-refractivity contribution in [2.75, 3.05) is 0 Å². The highest BCUT2D eigenvalue weighted by atomic mass is 79.9. The van der Waals surface area contributed by atoms with Crippen LogP contribution in [0.3, 0.4) is 0 Å². The molecule has 3 rings (SSSR count). The van der Waals surface area contributed by atoms with Crippen LogP contribution in [-0.2, 0) is 9.59 Å². The molecule has 0 heterocycles. The minimum Gasteiger partial charge on any atom is -0.291 e. The molecule has 3 fully saturated rings. The number of hydrogen-bond acceptors (Lipinski definition) is 2. The Hall–Kier alpha value is 0.300. The van der Waals surface area contributed by atoms with Crippen LogP contribution in [0.1, 0.15) is 25.7 Å². The Morgan fingerprint density at radius 1 is 0.750 bits per heavy atom. The average Bonchev–Trinajstić information content (AvgIpc) is 2.50. The minimum atomic E-state index is -0.0685. The van der Waals surface area contributed by atoms with Gasteiger partial charge in [-0.2, -0.15) is 0 Å². The van der Waals surface area contributed by atoms with Crippen molar-refractivity contribution < 1.29 is 9.59 Å². The fraction of sp³-hybridized carbons (Fsp3) is 0.833. The third-order valence-electron chi connectivity index (χ3n) is 4.63. The summed E-state index contributed by atoms with van der Waals surface area (Å²) in [5.74, 6) is 0.722. The largest absolute Gasteiger partial charge is 0.291 e. The second kappa shape index (κ2) is 3.91. The van der Waals surface area contributed by atoms with Crippen molar-refractivity contribution in [3.8, 4) is 0 Å². The first-order chi connectivity index (χ1) is 7.61. The van der Waals surface area contributed by atoms with Gasteiger partial charge in [-0.1, -0.05) is 31.9 Å². The fourth-order valence-corrected chi connectivity index (χ4v) is 6.33. The summed E-state index contributed by atoms with van der Waals surface area (Å²) in [7, 11) is 0. The van der Waals surface area contributed by atoms with Gasteiger partial charge in [0, 0.05) is 21.5 Å². The Morgan fingerprint density at radius 3 is 1.62 bits per heavy atom. The molecule has 0 radical (unpaired) electrons. The lowest BCUT2D eigenvalue weighted by Crippen LogP contribution is -2.44. The van der Waals surface area contributed by atoms with Crippen molar-refractivity contribution in [2.45, 2.75) is 35.3 Å². The maximum absolute atomic E-state index is 11.9. The van der Waals surface area contributed by atoms with Gasteiger partial charge in [0.1, 0.15) is 0 Å². The van der Waals surface area contributed by atoms with E-state index >= 15 is 0 Å². The molecule has 88 valence electrons. The number of carbonyl (C=O) groups is 2. The lowest BCUT2D eigenvalue weighted by atomic mass is 9.64. The molecule has 2 nitrogen and oxygen atoms in total. The van der Waals surface area contributed by atoms with Gasteiger partial charge >= 0.3 is 0 Å². The van der Waals surface area contributed by atoms with E-state index in [0.29, 0.717) is 21.5 Å². The molecule has 0 saturated heterocycles. The number of hydrogen-bond donors (Lipinski definition) is 0. The quantitative estimate of drug-likeness (QED) is 0.497. The molecule has 16 heavy (non-hydrogen) atoms. The summed E-state index contributed by atoms with van der Waals surface area (Å²) in [6.07, 6.45) is 3.86. The molecular formula is C12H14Br2O2. The molecule has 0 aromatic rings. The highest BCUT2D eigenvalue weighted by Gasteiger charge is 2.58. The molecule has 4 atom stereocenters. The first-order valence-electron chi connectivity index (χ1n) is 5.97. The van der Waals surface area contributed by atoms with Gasteiger partial charge in [0.25, 0.3) is 0 Å². The highest BCUT2D eigenvalue weighted by Crippen LogP contribution is 2.54. The number of alkyl halides is 2. The molecule has 3 saturated carbocycles. The summed E-state index contributed by atoms with van der Waals surface area (Å²) >= 11 is 7.48. The molecule has 0 amide bonds. The van der Waals surface area contributed by atoms with Crippen molar-refractivity contribution >= 4 is 43.4 Å². The molecule has 4 heteroatoms. The lowest BCUT2D eigenvalue weighted by Gasteiger charge is -2.44. The summed E-state index contributed by atoms with van der Waals surface area (Å²) < 4.78 is 0. The number of Topliss-reactive ketones (excluding diaryl/α,β-unsaturated/α-hetero) is 2. The summed E-state index contributed by atoms with van der Waals surface area (Å²) in [6.45, 7) is 0. The minimum absolute atomic E-state index is 0.0386. The van der Waals surface area contributed by atoms with Crippen LogP contribution in [0.4, 0.5) is 0 Å². The zero-order valence-electron chi connectivity index (χ0n) is 8.86. The van der Waals surface area contributed by atoms with E-state index in [1.165, 1.54) is 0 Å². The van der Waals surface area contributed by atoms with Crippen LogP contribution in [0, 0.1) is 23.7 Å². The van der Waals surface area contributed by atoms with Crippen LogP contribution in [-0.4, -0.2) is 21.2 Å². The normalized spacial score (nSPS) is 51.6. The van der Waals surface area contributed by atoms with Gasteiger partial charge in [-0.05, 0) is 37.5 Å². The van der Waals surface area contributed by atoms with E-state index in [1.807, 2.05) is 0 Å². The van der Waals surface area contributed by atoms with Crippen LogP contribution in [0.5, 0.6) is 0 Å². The van der Waals surface area contributed by atoms with E-state index in [-0.39, 0.29) is 23.4 Å². The zero-order chi connectivity index (χ0) is 11.4. The molecule has 3 aliphatic rings. The molecule has 3 aliphatic carbocycles. The first kappa shape index (κ1) is 11.4. The highest BCUT2D eigenvalue weighted by molar-refractivity contribution is 9.10. The molecule has 0 bridgehead atoms. The van der Waals surface area contributed by atoms with Crippen LogP contribution in [0.15, 0.2) is 0 Å². The SMILES string of the molecule is O=C1C(=O)C2CCC(Br)C3C(Br)CCC1C23. The third-order valence-corrected chi connectivity index (χ3v) is 6.77. The summed E-state index contributed by atoms with van der Waals surface area (Å²) in [4.78, 5) is 24.8. The molecule has 0 N–H and O–H groups in total. The smallest absolute Gasteiger partial charge is 0.202 e. The predicted molar refractivity (Wildman–Crippen MR) is 67.9 cm³/mol. The average molecular weight is 350 g/mol. The second-order valence-electron chi connectivity index (χ2n) is 5.28. The van der Waals surface area contributed by atoms with E-state index in [9.17, 15) is 9.59 Å². The number of rotatable bonds is 0. The molecule has 0 aliphatic heterocycles. The molecule has 4 unspecified atom stereocenters. The Kier molecular flexibility index (Phi) is 2.78. The van der Waals surface area contributed by atoms with Gasteiger partial charge in [-0.3, -0.25) is 9.59 Å². The van der Waals surface area contributed by atoms with Gasteiger partial charge < -0.3 is 0 Å². The monoisotopic (exact) mass is 348 g/mol. The Labute approximate surface area is 112 Å². The first-order valence-corrected chi connectivity index (χ1v) is 7.80. The summed E-state index contributed by atoms with van der Waals surface area (Å²) in [6, 6.07) is 0. The number of ketones is 2. The van der Waals surface area contributed by atoms with Crippen molar-refractivity contribution in [3.05, 3.63) is 0 Å². The Balaban J connectivity index is 2.00. The van der Waals surface area contributed by atoms with E-state index in [2.05, 4.69) is 31.9 Å². The van der Waals surface area contributed by atoms with Crippen LogP contribution in [0.2, 0.25) is 0 Å². The van der Waals surface area contributed by atoms with E-state index in [1.54, 1.807) is 0 Å². The lowest BCUT2D eigenvalue weighted by molar-refractivity contribution is -0.137. The Bertz CT molecular complexity index is 323. The van der Waals surface area contributed by atoms with Gasteiger partial charge in [-0.15, -0.1) is 0 Å². The molecule has 0 aromatic carbocycles. The fourth-order valence-electron chi connectivity index (χ4n) is 3.95. The van der Waals surface area contributed by atoms with Gasteiger partial charge in [0.2, 0.25) is 11.6 Å². The third kappa shape index (κ3) is 1.41. The van der Waals surface area contributed by atoms with Gasteiger partial charge in [0.05, 0.1) is 0 Å². The zero-order valence-corrected chi connectivity index (χ0v) is 12.0. The van der Waals surface area contributed by atoms with Gasteiger partial charge in [-0.25, -0.2) is 0 Å². The topological polar surface area (TPSA) is 34.1 Å². The van der Waals surface area contributed by atoms with Crippen molar-refractivity contribution in [1.82, 2.24) is 0 Å². The van der Waals surface area contributed by atoms with Crippen LogP contribution >= 0.6 is 31.9 Å². The van der Waals surface area contributed by atoms with Crippen molar-refractivity contribution in [3.63, 3.8) is 0 Å². The van der Waals surface area contributed by atoms with Crippen molar-refractivity contribution in [2.24, 2.45) is 23.7 Å².